The summed E-state index contributed by atoms with van der Waals surface area (Å²) in [5.74, 6) is -0.317. The van der Waals surface area contributed by atoms with E-state index in [0.29, 0.717) is 15.8 Å². The van der Waals surface area contributed by atoms with Crippen LogP contribution in [0.15, 0.2) is 84.3 Å². The van der Waals surface area contributed by atoms with E-state index in [2.05, 4.69) is 6.07 Å². The van der Waals surface area contributed by atoms with Gasteiger partial charge in [0.15, 0.2) is 0 Å². The molecule has 1 atom stereocenters. The summed E-state index contributed by atoms with van der Waals surface area (Å²) in [6.07, 6.45) is 2.95. The highest BCUT2D eigenvalue weighted by atomic mass is 35.5. The van der Waals surface area contributed by atoms with E-state index in [1.807, 2.05) is 6.07 Å². The van der Waals surface area contributed by atoms with Crippen LogP contribution in [0.25, 0.3) is 6.08 Å². The first-order chi connectivity index (χ1) is 15.4. The molecule has 3 aromatic carbocycles. The third-order valence-electron chi connectivity index (χ3n) is 4.87. The lowest BCUT2D eigenvalue weighted by atomic mass is 9.83. The van der Waals surface area contributed by atoms with Gasteiger partial charge in [-0.15, -0.1) is 0 Å². The molecule has 3 aromatic rings. The fourth-order valence-corrected chi connectivity index (χ4v) is 3.74. The summed E-state index contributed by atoms with van der Waals surface area (Å²) in [7, 11) is 0. The number of hydrogen-bond donors (Lipinski definition) is 1. The average molecular weight is 463 g/mol. The minimum absolute atomic E-state index is 0.00362. The third-order valence-corrected chi connectivity index (χ3v) is 5.36. The minimum Gasteiger partial charge on any atom is -0.440 e. The first-order valence-corrected chi connectivity index (χ1v) is 10.3. The van der Waals surface area contributed by atoms with Crippen LogP contribution in [0.3, 0.4) is 0 Å². The molecule has 0 saturated carbocycles. The first-order valence-electron chi connectivity index (χ1n) is 9.57. The fourth-order valence-electron chi connectivity index (χ4n) is 3.42. The number of nitrogens with two attached hydrogens (primary N) is 1. The van der Waals surface area contributed by atoms with Gasteiger partial charge in [-0.05, 0) is 47.5 Å². The lowest BCUT2D eigenvalue weighted by Crippen LogP contribution is -2.21. The van der Waals surface area contributed by atoms with Crippen molar-refractivity contribution in [3.8, 4) is 17.6 Å². The van der Waals surface area contributed by atoms with Gasteiger partial charge in [-0.2, -0.15) is 5.26 Å². The molecule has 0 fully saturated rings. The molecule has 5 nitrogen and oxygen atoms in total. The smallest absolute Gasteiger partial charge is 0.336 e. The zero-order chi connectivity index (χ0) is 22.7. The number of carbonyl (C=O) groups is 1. The van der Waals surface area contributed by atoms with Gasteiger partial charge >= 0.3 is 5.97 Å². The summed E-state index contributed by atoms with van der Waals surface area (Å²) in [4.78, 5) is 12.2. The van der Waals surface area contributed by atoms with Crippen molar-refractivity contribution in [1.29, 1.82) is 5.26 Å². The topological polar surface area (TPSA) is 85.3 Å². The van der Waals surface area contributed by atoms with Crippen molar-refractivity contribution in [1.82, 2.24) is 0 Å². The van der Waals surface area contributed by atoms with E-state index in [4.69, 9.17) is 38.4 Å². The Hall–Kier alpha value is -3.72. The minimum atomic E-state index is -0.552. The maximum Gasteiger partial charge on any atom is 0.336 e. The Morgan fingerprint density at radius 3 is 2.56 bits per heavy atom. The molecule has 0 bridgehead atoms. The van der Waals surface area contributed by atoms with Crippen LogP contribution in [0.4, 0.5) is 0 Å². The Bertz CT molecular complexity index is 1290. The Kier molecular flexibility index (Phi) is 6.18. The van der Waals surface area contributed by atoms with E-state index in [1.165, 1.54) is 6.08 Å². The number of ether oxygens (including phenoxy) is 2. The van der Waals surface area contributed by atoms with E-state index in [9.17, 15) is 10.1 Å². The SMILES string of the molecule is N#CC1=C(N)Oc2cc(OC(=O)/C=C/c3ccc(Cl)cc3)ccc2C1c1cccc(Cl)c1. The Morgan fingerprint density at radius 2 is 1.84 bits per heavy atom. The highest BCUT2D eigenvalue weighted by molar-refractivity contribution is 6.30. The van der Waals surface area contributed by atoms with Gasteiger partial charge < -0.3 is 15.2 Å². The van der Waals surface area contributed by atoms with Gasteiger partial charge in [0.2, 0.25) is 5.88 Å². The monoisotopic (exact) mass is 462 g/mol. The molecule has 1 aliphatic heterocycles. The number of benzene rings is 3. The molecule has 32 heavy (non-hydrogen) atoms. The highest BCUT2D eigenvalue weighted by Gasteiger charge is 2.31. The number of allylic oxidation sites excluding steroid dienone is 1. The van der Waals surface area contributed by atoms with Crippen molar-refractivity contribution in [2.45, 2.75) is 5.92 Å². The molecular weight excluding hydrogens is 447 g/mol. The lowest BCUT2D eigenvalue weighted by Gasteiger charge is -2.26. The molecule has 1 aliphatic rings. The lowest BCUT2D eigenvalue weighted by molar-refractivity contribution is -0.128. The number of carbonyl (C=O) groups excluding carboxylic acids is 1. The maximum absolute atomic E-state index is 12.2. The normalized spacial score (nSPS) is 15.1. The van der Waals surface area contributed by atoms with Crippen molar-refractivity contribution in [3.63, 3.8) is 0 Å². The summed E-state index contributed by atoms with van der Waals surface area (Å²) in [5, 5.41) is 10.8. The van der Waals surface area contributed by atoms with Crippen LogP contribution in [0.2, 0.25) is 10.0 Å². The predicted octanol–water partition coefficient (Wildman–Crippen LogP) is 5.83. The summed E-state index contributed by atoms with van der Waals surface area (Å²) in [5.41, 5.74) is 8.64. The van der Waals surface area contributed by atoms with Gasteiger partial charge in [-0.3, -0.25) is 0 Å². The summed E-state index contributed by atoms with van der Waals surface area (Å²) >= 11 is 12.0. The molecule has 158 valence electrons. The second-order valence-electron chi connectivity index (χ2n) is 6.99. The molecule has 0 radical (unpaired) electrons. The zero-order valence-corrected chi connectivity index (χ0v) is 18.1. The summed E-state index contributed by atoms with van der Waals surface area (Å²) in [6.45, 7) is 0. The van der Waals surface area contributed by atoms with Crippen molar-refractivity contribution in [2.24, 2.45) is 5.73 Å². The number of nitrogens with zero attached hydrogens (tertiary/aromatic N) is 1. The molecule has 1 heterocycles. The second-order valence-corrected chi connectivity index (χ2v) is 7.86. The number of rotatable bonds is 4. The summed E-state index contributed by atoms with van der Waals surface area (Å²) in [6, 6.07) is 21.3. The van der Waals surface area contributed by atoms with Gasteiger partial charge in [-0.1, -0.05) is 53.5 Å². The van der Waals surface area contributed by atoms with Crippen LogP contribution in [0.1, 0.15) is 22.6 Å². The first kappa shape index (κ1) is 21.5. The predicted molar refractivity (Wildman–Crippen MR) is 123 cm³/mol. The number of hydrogen-bond acceptors (Lipinski definition) is 5. The quantitative estimate of drug-likeness (QED) is 0.299. The molecule has 0 amide bonds. The van der Waals surface area contributed by atoms with E-state index < -0.39 is 11.9 Å². The second kappa shape index (κ2) is 9.19. The van der Waals surface area contributed by atoms with Crippen molar-refractivity contribution < 1.29 is 14.3 Å². The Balaban J connectivity index is 1.59. The van der Waals surface area contributed by atoms with Gasteiger partial charge in [0, 0.05) is 27.8 Å². The van der Waals surface area contributed by atoms with Crippen LogP contribution in [0, 0.1) is 11.3 Å². The molecule has 1 unspecified atom stereocenters. The molecule has 0 aromatic heterocycles. The van der Waals surface area contributed by atoms with Gasteiger partial charge in [0.1, 0.15) is 23.1 Å². The van der Waals surface area contributed by atoms with Crippen molar-refractivity contribution >= 4 is 35.2 Å². The zero-order valence-electron chi connectivity index (χ0n) is 16.6. The van der Waals surface area contributed by atoms with E-state index in [0.717, 1.165) is 16.7 Å². The Morgan fingerprint density at radius 1 is 1.06 bits per heavy atom. The van der Waals surface area contributed by atoms with Crippen LogP contribution in [-0.2, 0) is 4.79 Å². The molecule has 4 rings (SSSR count). The number of fused-ring (bicyclic) bond motifs is 1. The highest BCUT2D eigenvalue weighted by Crippen LogP contribution is 2.43. The van der Waals surface area contributed by atoms with Crippen LogP contribution in [0.5, 0.6) is 11.5 Å². The molecule has 0 saturated heterocycles. The molecule has 2 N–H and O–H groups in total. The van der Waals surface area contributed by atoms with Crippen LogP contribution < -0.4 is 15.2 Å². The third kappa shape index (κ3) is 4.62. The average Bonchev–Trinajstić information content (AvgIpc) is 2.77. The van der Waals surface area contributed by atoms with Crippen LogP contribution >= 0.6 is 23.2 Å². The van der Waals surface area contributed by atoms with Crippen molar-refractivity contribution in [2.75, 3.05) is 0 Å². The van der Waals surface area contributed by atoms with Gasteiger partial charge in [-0.25, -0.2) is 4.79 Å². The standard InChI is InChI=1S/C25H16Cl2N2O3/c26-17-7-4-15(5-8-17)6-11-23(30)31-19-9-10-20-22(13-19)32-25(29)21(14-28)24(20)16-2-1-3-18(27)12-16/h1-13,24H,29H2/b11-6+. The number of halogens is 2. The molecule has 7 heteroatoms. The molecule has 0 aliphatic carbocycles. The van der Waals surface area contributed by atoms with E-state index in [-0.39, 0.29) is 17.2 Å². The fraction of sp³-hybridized carbons (Fsp3) is 0.0400. The summed E-state index contributed by atoms with van der Waals surface area (Å²) < 4.78 is 11.1. The van der Waals surface area contributed by atoms with Gasteiger partial charge in [0.05, 0.1) is 5.92 Å². The Labute approximate surface area is 194 Å². The van der Waals surface area contributed by atoms with Gasteiger partial charge in [0.25, 0.3) is 0 Å². The van der Waals surface area contributed by atoms with E-state index >= 15 is 0 Å². The molecular formula is C25H16Cl2N2O3. The van der Waals surface area contributed by atoms with Crippen molar-refractivity contribution in [3.05, 3.63) is 111 Å². The van der Waals surface area contributed by atoms with Crippen LogP contribution in [-0.4, -0.2) is 5.97 Å². The molecule has 0 spiro atoms. The number of esters is 1. The van der Waals surface area contributed by atoms with E-state index in [1.54, 1.807) is 66.7 Å². The largest absolute Gasteiger partial charge is 0.440 e. The number of nitriles is 1. The maximum atomic E-state index is 12.2.